The quantitative estimate of drug-likeness (QED) is 0.682. The van der Waals surface area contributed by atoms with Crippen LogP contribution in [0.2, 0.25) is 0 Å². The lowest BCUT2D eigenvalue weighted by Gasteiger charge is -2.27. The SMILES string of the molecule is C.C.C.C[C@H]1OCC(=O)[C@@H]1NC(=O)[C@@H](CC1CCCCC1)S(=O)(=O)Cc1ccco1. The van der Waals surface area contributed by atoms with Crippen LogP contribution in [-0.2, 0) is 29.9 Å². The summed E-state index contributed by atoms with van der Waals surface area (Å²) in [6.45, 7) is 1.64. The number of hydrogen-bond donors (Lipinski definition) is 1. The summed E-state index contributed by atoms with van der Waals surface area (Å²) in [5.41, 5.74) is 0. The third-order valence-corrected chi connectivity index (χ3v) is 7.48. The second-order valence-electron chi connectivity index (χ2n) is 7.58. The van der Waals surface area contributed by atoms with E-state index in [4.69, 9.17) is 9.15 Å². The van der Waals surface area contributed by atoms with E-state index in [1.807, 2.05) is 0 Å². The summed E-state index contributed by atoms with van der Waals surface area (Å²) in [4.78, 5) is 24.8. The zero-order valence-electron chi connectivity index (χ0n) is 15.6. The van der Waals surface area contributed by atoms with Gasteiger partial charge in [0.1, 0.15) is 29.4 Å². The van der Waals surface area contributed by atoms with E-state index < -0.39 is 33.1 Å². The molecule has 3 rings (SSSR count). The number of carbonyl (C=O) groups is 2. The molecule has 174 valence electrons. The summed E-state index contributed by atoms with van der Waals surface area (Å²) in [6.07, 6.45) is 6.38. The van der Waals surface area contributed by atoms with E-state index in [9.17, 15) is 18.0 Å². The Morgan fingerprint density at radius 3 is 2.40 bits per heavy atom. The van der Waals surface area contributed by atoms with Crippen molar-refractivity contribution >= 4 is 21.5 Å². The van der Waals surface area contributed by atoms with E-state index in [-0.39, 0.29) is 52.8 Å². The number of ketones is 1. The van der Waals surface area contributed by atoms with Crippen molar-refractivity contribution in [2.75, 3.05) is 6.61 Å². The van der Waals surface area contributed by atoms with Crippen molar-refractivity contribution < 1.29 is 27.2 Å². The molecule has 1 N–H and O–H groups in total. The molecule has 1 aromatic rings. The van der Waals surface area contributed by atoms with Gasteiger partial charge in [0.15, 0.2) is 15.6 Å². The molecule has 2 fully saturated rings. The van der Waals surface area contributed by atoms with Crippen LogP contribution in [0, 0.1) is 5.92 Å². The highest BCUT2D eigenvalue weighted by atomic mass is 32.2. The van der Waals surface area contributed by atoms with Crippen LogP contribution in [0.4, 0.5) is 0 Å². The predicted octanol–water partition coefficient (Wildman–Crippen LogP) is 3.91. The van der Waals surface area contributed by atoms with Crippen LogP contribution in [0.3, 0.4) is 0 Å². The van der Waals surface area contributed by atoms with E-state index >= 15 is 0 Å². The third kappa shape index (κ3) is 6.94. The number of ether oxygens (including phenoxy) is 1. The van der Waals surface area contributed by atoms with Gasteiger partial charge in [-0.1, -0.05) is 54.4 Å². The maximum Gasteiger partial charge on any atom is 0.239 e. The van der Waals surface area contributed by atoms with Crippen molar-refractivity contribution in [1.82, 2.24) is 5.32 Å². The van der Waals surface area contributed by atoms with Gasteiger partial charge >= 0.3 is 0 Å². The molecule has 1 aliphatic carbocycles. The first-order chi connectivity index (χ1) is 12.9. The van der Waals surface area contributed by atoms with E-state index in [0.29, 0.717) is 5.76 Å². The van der Waals surface area contributed by atoms with Gasteiger partial charge in [-0.25, -0.2) is 8.42 Å². The Kier molecular flexibility index (Phi) is 11.6. The Balaban J connectivity index is 0.00000280. The topological polar surface area (TPSA) is 103 Å². The highest BCUT2D eigenvalue weighted by molar-refractivity contribution is 7.92. The summed E-state index contributed by atoms with van der Waals surface area (Å²) < 4.78 is 36.4. The van der Waals surface area contributed by atoms with Gasteiger partial charge in [-0.2, -0.15) is 0 Å². The summed E-state index contributed by atoms with van der Waals surface area (Å²) in [7, 11) is -3.78. The van der Waals surface area contributed by atoms with Gasteiger partial charge in [0.2, 0.25) is 5.91 Å². The highest BCUT2D eigenvalue weighted by Gasteiger charge is 2.40. The van der Waals surface area contributed by atoms with Gasteiger partial charge in [0.05, 0.1) is 12.4 Å². The molecule has 7 nitrogen and oxygen atoms in total. The number of nitrogens with one attached hydrogen (secondary N) is 1. The first-order valence-corrected chi connectivity index (χ1v) is 11.3. The van der Waals surface area contributed by atoms with Gasteiger partial charge in [0, 0.05) is 0 Å². The molecule has 30 heavy (non-hydrogen) atoms. The van der Waals surface area contributed by atoms with Crippen molar-refractivity contribution in [3.05, 3.63) is 24.2 Å². The minimum absolute atomic E-state index is 0. The molecule has 1 aromatic heterocycles. The van der Waals surface area contributed by atoms with Crippen LogP contribution < -0.4 is 5.32 Å². The summed E-state index contributed by atoms with van der Waals surface area (Å²) in [5.74, 6) is -0.646. The molecule has 2 aliphatic rings. The number of rotatable bonds is 7. The number of carbonyl (C=O) groups excluding carboxylic acids is 2. The first-order valence-electron chi connectivity index (χ1n) is 9.55. The van der Waals surface area contributed by atoms with Crippen molar-refractivity contribution in [1.29, 1.82) is 0 Å². The fraction of sp³-hybridized carbons (Fsp3) is 0.727. The number of amides is 1. The number of hydrogen-bond acceptors (Lipinski definition) is 6. The molecule has 8 heteroatoms. The van der Waals surface area contributed by atoms with Crippen LogP contribution in [0.5, 0.6) is 0 Å². The molecule has 2 heterocycles. The number of sulfone groups is 1. The van der Waals surface area contributed by atoms with E-state index in [2.05, 4.69) is 5.32 Å². The van der Waals surface area contributed by atoms with Crippen LogP contribution in [0.15, 0.2) is 22.8 Å². The zero-order chi connectivity index (χ0) is 19.4. The predicted molar refractivity (Wildman–Crippen MR) is 119 cm³/mol. The molecule has 0 radical (unpaired) electrons. The molecule has 0 unspecified atom stereocenters. The van der Waals surface area contributed by atoms with Crippen molar-refractivity contribution in [3.63, 3.8) is 0 Å². The van der Waals surface area contributed by atoms with Crippen molar-refractivity contribution in [2.24, 2.45) is 5.92 Å². The molecule has 1 amide bonds. The van der Waals surface area contributed by atoms with E-state index in [0.717, 1.165) is 32.1 Å². The second-order valence-corrected chi connectivity index (χ2v) is 9.77. The fourth-order valence-electron chi connectivity index (χ4n) is 3.94. The Bertz CT molecular complexity index is 753. The van der Waals surface area contributed by atoms with E-state index in [1.54, 1.807) is 19.1 Å². The molecule has 0 aromatic carbocycles. The first kappa shape index (κ1) is 28.3. The summed E-state index contributed by atoms with van der Waals surface area (Å²) >= 11 is 0. The zero-order valence-corrected chi connectivity index (χ0v) is 16.4. The van der Waals surface area contributed by atoms with Gasteiger partial charge < -0.3 is 14.5 Å². The Labute approximate surface area is 181 Å². The summed E-state index contributed by atoms with van der Waals surface area (Å²) in [5, 5.41) is 1.44. The standard InChI is InChI=1S/C19H27NO6S.3CH4/c1-13-18(16(21)11-26-13)20-19(22)17(10-14-6-3-2-4-7-14)27(23,24)12-15-8-5-9-25-15;;;/h5,8-9,13-14,17-18H,2-4,6-7,10-12H2,1H3,(H,20,22);3*1H4/t13-,17-,18-;;;/m1.../s1. The Hall–Kier alpha value is -1.67. The minimum Gasteiger partial charge on any atom is -0.468 e. The van der Waals surface area contributed by atoms with Crippen molar-refractivity contribution in [3.8, 4) is 0 Å². The van der Waals surface area contributed by atoms with Gasteiger partial charge in [-0.15, -0.1) is 0 Å². The van der Waals surface area contributed by atoms with Crippen LogP contribution in [-0.4, -0.2) is 44.1 Å². The average molecular weight is 446 g/mol. The van der Waals surface area contributed by atoms with Crippen LogP contribution in [0.25, 0.3) is 0 Å². The Morgan fingerprint density at radius 1 is 1.20 bits per heavy atom. The monoisotopic (exact) mass is 445 g/mol. The lowest BCUT2D eigenvalue weighted by Crippen LogP contribution is -2.50. The molecule has 1 saturated carbocycles. The Morgan fingerprint density at radius 2 is 1.87 bits per heavy atom. The molecular weight excluding hydrogens is 406 g/mol. The second kappa shape index (κ2) is 12.2. The van der Waals surface area contributed by atoms with E-state index in [1.165, 1.54) is 6.26 Å². The minimum atomic E-state index is -3.78. The molecule has 3 atom stereocenters. The lowest BCUT2D eigenvalue weighted by atomic mass is 9.86. The van der Waals surface area contributed by atoms with Gasteiger partial charge in [-0.3, -0.25) is 9.59 Å². The summed E-state index contributed by atoms with van der Waals surface area (Å²) in [6, 6.07) is 2.42. The molecule has 0 spiro atoms. The molecular formula is C22H39NO6S. The van der Waals surface area contributed by atoms with Gasteiger partial charge in [-0.05, 0) is 31.4 Å². The molecule has 1 aliphatic heterocycles. The number of furan rings is 1. The molecule has 1 saturated heterocycles. The number of Topliss-reactive ketones (excluding diaryl/α,β-unsaturated/α-hetero) is 1. The van der Waals surface area contributed by atoms with Crippen molar-refractivity contribution in [2.45, 2.75) is 90.9 Å². The smallest absolute Gasteiger partial charge is 0.239 e. The lowest BCUT2D eigenvalue weighted by molar-refractivity contribution is -0.126. The molecule has 0 bridgehead atoms. The maximum atomic E-state index is 13.0. The normalized spacial score (nSPS) is 22.9. The fourth-order valence-corrected chi connectivity index (χ4v) is 5.66. The highest BCUT2D eigenvalue weighted by Crippen LogP contribution is 2.30. The van der Waals surface area contributed by atoms with Crippen LogP contribution in [0.1, 0.15) is 73.5 Å². The maximum absolute atomic E-state index is 13.0. The third-order valence-electron chi connectivity index (χ3n) is 5.52. The average Bonchev–Trinajstić information content (AvgIpc) is 3.25. The van der Waals surface area contributed by atoms with Gasteiger partial charge in [0.25, 0.3) is 0 Å². The largest absolute Gasteiger partial charge is 0.468 e. The van der Waals surface area contributed by atoms with Crippen LogP contribution >= 0.6 is 0 Å².